The van der Waals surface area contributed by atoms with E-state index in [0.717, 1.165) is 70.6 Å². The Morgan fingerprint density at radius 1 is 0.711 bits per heavy atom. The van der Waals surface area contributed by atoms with Crippen molar-refractivity contribution < 1.29 is 37.3 Å². The Labute approximate surface area is 276 Å². The minimum atomic E-state index is -4.26. The summed E-state index contributed by atoms with van der Waals surface area (Å²) in [6.45, 7) is 5.44. The fourth-order valence-corrected chi connectivity index (χ4v) is 5.19. The van der Waals surface area contributed by atoms with Gasteiger partial charge in [0.25, 0.3) is 0 Å². The molecule has 0 saturated carbocycles. The molecule has 0 aliphatic rings. The molecule has 0 aromatic carbocycles. The van der Waals surface area contributed by atoms with E-state index in [2.05, 4.69) is 50.3 Å². The first-order chi connectivity index (χ1) is 21.6. The number of unbranched alkanes of at least 4 members (excludes halogenated alkanes) is 12. The molecule has 264 valence electrons. The van der Waals surface area contributed by atoms with Crippen LogP contribution in [0.4, 0.5) is 0 Å². The molecule has 0 rings (SSSR count). The van der Waals surface area contributed by atoms with E-state index < -0.39 is 13.9 Å². The number of hydrogen-bond acceptors (Lipinski definition) is 6. The molecule has 2 atom stereocenters. The Kier molecular flexibility index (Phi) is 29.2. The largest absolute Gasteiger partial charge is 0.472 e. The summed E-state index contributed by atoms with van der Waals surface area (Å²) in [6, 6.07) is 0. The van der Waals surface area contributed by atoms with Crippen LogP contribution in [0.25, 0.3) is 0 Å². The molecular weight excluding hydrogens is 589 g/mol. The molecule has 0 bridgehead atoms. The normalized spacial score (nSPS) is 14.5. The predicted octanol–water partition coefficient (Wildman–Crippen LogP) is 9.48. The van der Waals surface area contributed by atoms with Crippen LogP contribution >= 0.6 is 7.82 Å². The molecule has 0 aliphatic carbocycles. The van der Waals surface area contributed by atoms with Gasteiger partial charge in [-0.3, -0.25) is 13.8 Å². The van der Waals surface area contributed by atoms with E-state index in [1.165, 1.54) is 38.5 Å². The van der Waals surface area contributed by atoms with Gasteiger partial charge in [0.05, 0.1) is 34.4 Å². The standard InChI is InChI=1S/C36H68NO7P/c1-6-8-10-12-14-16-17-18-19-20-21-22-23-25-27-29-36(38)44-35(33-41-31-28-26-24-15-13-11-9-7-2)34-43-45(39,40)42-32-30-37(3,4)5/h8,10,14,16,18-19,35H,6-7,9,11-13,15,17,20-34H2,1-5H3/p+1/b10-8-,16-14-,19-18-. The average molecular weight is 659 g/mol. The fourth-order valence-electron chi connectivity index (χ4n) is 4.45. The first-order valence-electron chi connectivity index (χ1n) is 17.7. The molecule has 0 saturated heterocycles. The van der Waals surface area contributed by atoms with E-state index in [0.29, 0.717) is 24.1 Å². The summed E-state index contributed by atoms with van der Waals surface area (Å²) < 4.78 is 34.7. The van der Waals surface area contributed by atoms with Crippen LogP contribution in [0.15, 0.2) is 36.5 Å². The van der Waals surface area contributed by atoms with E-state index >= 15 is 0 Å². The van der Waals surface area contributed by atoms with Crippen molar-refractivity contribution >= 4 is 13.8 Å². The first-order valence-corrected chi connectivity index (χ1v) is 19.2. The molecule has 0 amide bonds. The van der Waals surface area contributed by atoms with Crippen molar-refractivity contribution in [3.05, 3.63) is 36.5 Å². The van der Waals surface area contributed by atoms with Gasteiger partial charge < -0.3 is 18.9 Å². The number of esters is 1. The number of hydrogen-bond donors (Lipinski definition) is 1. The second-order valence-corrected chi connectivity index (χ2v) is 14.3. The van der Waals surface area contributed by atoms with Crippen LogP contribution in [0, 0.1) is 0 Å². The molecule has 0 fully saturated rings. The zero-order valence-electron chi connectivity index (χ0n) is 29.6. The highest BCUT2D eigenvalue weighted by Crippen LogP contribution is 2.43. The molecule has 8 nitrogen and oxygen atoms in total. The number of likely N-dealkylation sites (N-methyl/N-ethyl adjacent to an activating group) is 1. The number of carbonyl (C=O) groups excluding carboxylic acids is 1. The van der Waals surface area contributed by atoms with Crippen LogP contribution in [-0.4, -0.2) is 75.6 Å². The quantitative estimate of drug-likeness (QED) is 0.0253. The summed E-state index contributed by atoms with van der Waals surface area (Å²) in [4.78, 5) is 22.7. The number of carbonyl (C=O) groups is 1. The van der Waals surface area contributed by atoms with E-state index in [9.17, 15) is 14.3 Å². The van der Waals surface area contributed by atoms with Gasteiger partial charge in [0, 0.05) is 13.0 Å². The maximum absolute atomic E-state index is 12.6. The minimum absolute atomic E-state index is 0.0848. The summed E-state index contributed by atoms with van der Waals surface area (Å²) in [5, 5.41) is 0. The monoisotopic (exact) mass is 658 g/mol. The van der Waals surface area contributed by atoms with Gasteiger partial charge in [-0.1, -0.05) is 115 Å². The van der Waals surface area contributed by atoms with Crippen molar-refractivity contribution in [1.82, 2.24) is 0 Å². The topological polar surface area (TPSA) is 91.3 Å². The number of phosphoric acid groups is 1. The van der Waals surface area contributed by atoms with Gasteiger partial charge in [-0.05, 0) is 44.9 Å². The molecule has 0 heterocycles. The van der Waals surface area contributed by atoms with Gasteiger partial charge in [0.1, 0.15) is 19.3 Å². The van der Waals surface area contributed by atoms with Crippen LogP contribution in [0.5, 0.6) is 0 Å². The van der Waals surface area contributed by atoms with E-state index in [4.69, 9.17) is 18.5 Å². The van der Waals surface area contributed by atoms with Gasteiger partial charge in [0.15, 0.2) is 0 Å². The Morgan fingerprint density at radius 3 is 1.93 bits per heavy atom. The second kappa shape index (κ2) is 30.1. The lowest BCUT2D eigenvalue weighted by atomic mass is 10.1. The SMILES string of the molecule is CC/C=C\C/C=C\C/C=C\CCCCCCCC(=O)OC(COCCCCCCCCCC)COP(=O)(O)OCC[N+](C)(C)C. The van der Waals surface area contributed by atoms with Crippen LogP contribution < -0.4 is 0 Å². The van der Waals surface area contributed by atoms with Gasteiger partial charge >= 0.3 is 13.8 Å². The highest BCUT2D eigenvalue weighted by atomic mass is 31.2. The molecule has 0 aromatic rings. The number of phosphoric ester groups is 1. The van der Waals surface area contributed by atoms with Crippen molar-refractivity contribution in [2.45, 2.75) is 136 Å². The summed E-state index contributed by atoms with van der Waals surface area (Å²) >= 11 is 0. The van der Waals surface area contributed by atoms with Gasteiger partial charge in [-0.2, -0.15) is 0 Å². The molecule has 1 N–H and O–H groups in total. The van der Waals surface area contributed by atoms with Gasteiger partial charge in [-0.15, -0.1) is 0 Å². The van der Waals surface area contributed by atoms with E-state index in [1.54, 1.807) is 0 Å². The van der Waals surface area contributed by atoms with Crippen LogP contribution in [0.2, 0.25) is 0 Å². The maximum atomic E-state index is 12.6. The molecule has 9 heteroatoms. The predicted molar refractivity (Wildman–Crippen MR) is 187 cm³/mol. The highest BCUT2D eigenvalue weighted by Gasteiger charge is 2.26. The molecule has 2 unspecified atom stereocenters. The van der Waals surface area contributed by atoms with Crippen LogP contribution in [-0.2, 0) is 27.9 Å². The van der Waals surface area contributed by atoms with E-state index in [1.807, 2.05) is 21.1 Å². The lowest BCUT2D eigenvalue weighted by Gasteiger charge is -2.24. The number of allylic oxidation sites excluding steroid dienone is 6. The summed E-state index contributed by atoms with van der Waals surface area (Å²) in [5.74, 6) is -0.334. The van der Waals surface area contributed by atoms with Gasteiger partial charge in [-0.25, -0.2) is 4.57 Å². The summed E-state index contributed by atoms with van der Waals surface area (Å²) in [5.41, 5.74) is 0. The molecular formula is C36H69NO7P+. The number of rotatable bonds is 32. The smallest absolute Gasteiger partial charge is 0.457 e. The lowest BCUT2D eigenvalue weighted by molar-refractivity contribution is -0.870. The highest BCUT2D eigenvalue weighted by molar-refractivity contribution is 7.47. The van der Waals surface area contributed by atoms with Crippen LogP contribution in [0.3, 0.4) is 0 Å². The Balaban J connectivity index is 4.34. The average Bonchev–Trinajstić information content (AvgIpc) is 2.98. The van der Waals surface area contributed by atoms with Crippen molar-refractivity contribution in [2.24, 2.45) is 0 Å². The van der Waals surface area contributed by atoms with Crippen LogP contribution in [0.1, 0.15) is 129 Å². The zero-order valence-corrected chi connectivity index (χ0v) is 30.5. The zero-order chi connectivity index (χ0) is 33.5. The molecule has 0 spiro atoms. The maximum Gasteiger partial charge on any atom is 0.472 e. The van der Waals surface area contributed by atoms with Crippen molar-refractivity contribution in [3.63, 3.8) is 0 Å². The molecule has 45 heavy (non-hydrogen) atoms. The molecule has 0 aromatic heterocycles. The van der Waals surface area contributed by atoms with Crippen molar-refractivity contribution in [2.75, 3.05) is 54.1 Å². The summed E-state index contributed by atoms with van der Waals surface area (Å²) in [6.07, 6.45) is 31.7. The second-order valence-electron chi connectivity index (χ2n) is 12.9. The Morgan fingerprint density at radius 2 is 1.29 bits per heavy atom. The first kappa shape index (κ1) is 43.7. The number of quaternary nitrogens is 1. The third kappa shape index (κ3) is 33.9. The Hall–Kier alpha value is -1.28. The van der Waals surface area contributed by atoms with Crippen molar-refractivity contribution in [3.8, 4) is 0 Å². The third-order valence-corrected chi connectivity index (χ3v) is 8.20. The van der Waals surface area contributed by atoms with Gasteiger partial charge in [0.2, 0.25) is 0 Å². The lowest BCUT2D eigenvalue weighted by Crippen LogP contribution is -2.37. The Bertz CT molecular complexity index is 823. The fraction of sp³-hybridized carbons (Fsp3) is 0.806. The number of ether oxygens (including phenoxy) is 2. The number of nitrogens with zero attached hydrogens (tertiary/aromatic N) is 1. The summed E-state index contributed by atoms with van der Waals surface area (Å²) in [7, 11) is 1.65. The van der Waals surface area contributed by atoms with Crippen molar-refractivity contribution in [1.29, 1.82) is 0 Å². The third-order valence-electron chi connectivity index (χ3n) is 7.22. The van der Waals surface area contributed by atoms with E-state index in [-0.39, 0.29) is 25.8 Å². The molecule has 0 radical (unpaired) electrons. The molecule has 0 aliphatic heterocycles. The minimum Gasteiger partial charge on any atom is -0.457 e.